The number of carbonyl (C=O) groups is 1. The molecule has 2 aromatic carbocycles. The van der Waals surface area contributed by atoms with Gasteiger partial charge in [-0.1, -0.05) is 74.5 Å². The van der Waals surface area contributed by atoms with Crippen molar-refractivity contribution in [3.05, 3.63) is 71.8 Å². The van der Waals surface area contributed by atoms with Crippen LogP contribution in [0.4, 0.5) is 0 Å². The first-order valence-corrected chi connectivity index (χ1v) is 10.6. The molecule has 2 aromatic rings. The van der Waals surface area contributed by atoms with Crippen molar-refractivity contribution in [2.45, 2.75) is 33.5 Å². The van der Waals surface area contributed by atoms with Crippen LogP contribution in [-0.2, 0) is 31.6 Å². The van der Waals surface area contributed by atoms with Crippen LogP contribution in [0.25, 0.3) is 0 Å². The van der Waals surface area contributed by atoms with Gasteiger partial charge >= 0.3 is 7.60 Å². The number of hydrogen-bond acceptors (Lipinski definition) is 4. The van der Waals surface area contributed by atoms with Gasteiger partial charge in [0.2, 0.25) is 5.24 Å². The second kappa shape index (κ2) is 9.48. The van der Waals surface area contributed by atoms with Crippen molar-refractivity contribution in [1.29, 1.82) is 0 Å². The molecule has 0 heterocycles. The van der Waals surface area contributed by atoms with Gasteiger partial charge in [-0.05, 0) is 29.1 Å². The molecule has 0 aromatic heterocycles. The fourth-order valence-corrected chi connectivity index (χ4v) is 4.13. The van der Waals surface area contributed by atoms with E-state index in [-0.39, 0.29) is 19.4 Å². The highest BCUT2D eigenvalue weighted by molar-refractivity contribution is 7.53. The molecule has 140 valence electrons. The first kappa shape index (κ1) is 20.9. The smallest absolute Gasteiger partial charge is 0.304 e. The zero-order chi connectivity index (χ0) is 19.0. The number of carbonyl (C=O) groups excluding carboxylic acids is 1. The van der Waals surface area contributed by atoms with Crippen LogP contribution in [0.1, 0.15) is 31.4 Å². The minimum absolute atomic E-state index is 0.123. The summed E-state index contributed by atoms with van der Waals surface area (Å²) in [4.78, 5) is 11.5. The molecule has 0 spiro atoms. The highest BCUT2D eigenvalue weighted by Gasteiger charge is 2.32. The summed E-state index contributed by atoms with van der Waals surface area (Å²) in [6, 6.07) is 19.0. The van der Waals surface area contributed by atoms with Gasteiger partial charge in [-0.2, -0.15) is 0 Å². The molecule has 4 nitrogen and oxygen atoms in total. The van der Waals surface area contributed by atoms with E-state index in [0.29, 0.717) is 6.42 Å². The molecule has 26 heavy (non-hydrogen) atoms. The average Bonchev–Trinajstić information content (AvgIpc) is 2.65. The minimum atomic E-state index is -3.40. The van der Waals surface area contributed by atoms with E-state index < -0.39 is 18.3 Å². The molecule has 0 aliphatic carbocycles. The molecule has 0 aliphatic heterocycles. The number of hydrogen-bond donors (Lipinski definition) is 0. The van der Waals surface area contributed by atoms with Crippen LogP contribution in [0.3, 0.4) is 0 Å². The Morgan fingerprint density at radius 3 is 1.73 bits per heavy atom. The molecule has 6 heteroatoms. The zero-order valence-corrected chi connectivity index (χ0v) is 16.7. The van der Waals surface area contributed by atoms with E-state index in [1.54, 1.807) is 13.8 Å². The Morgan fingerprint density at radius 1 is 0.923 bits per heavy atom. The number of halogens is 1. The van der Waals surface area contributed by atoms with Gasteiger partial charge in [-0.15, -0.1) is 0 Å². The summed E-state index contributed by atoms with van der Waals surface area (Å²) in [6.45, 7) is 3.81. The maximum atomic E-state index is 13.2. The lowest BCUT2D eigenvalue weighted by atomic mass is 9.92. The first-order valence-electron chi connectivity index (χ1n) is 8.47. The van der Waals surface area contributed by atoms with Crippen molar-refractivity contribution in [2.75, 3.05) is 6.16 Å². The van der Waals surface area contributed by atoms with Crippen molar-refractivity contribution >= 4 is 24.4 Å². The Hall–Kier alpha value is -1.45. The van der Waals surface area contributed by atoms with E-state index in [1.165, 1.54) is 0 Å². The lowest BCUT2D eigenvalue weighted by Gasteiger charge is -2.24. The highest BCUT2D eigenvalue weighted by atomic mass is 35.5. The van der Waals surface area contributed by atoms with Crippen LogP contribution in [0.2, 0.25) is 0 Å². The Kier molecular flexibility index (Phi) is 7.60. The fourth-order valence-electron chi connectivity index (χ4n) is 2.18. The lowest BCUT2D eigenvalue weighted by molar-refractivity contribution is -0.119. The summed E-state index contributed by atoms with van der Waals surface area (Å²) >= 11 is 5.63. The molecule has 2 rings (SSSR count). The van der Waals surface area contributed by atoms with E-state index in [1.807, 2.05) is 60.7 Å². The van der Waals surface area contributed by atoms with Gasteiger partial charge < -0.3 is 9.05 Å². The molecule has 0 atom stereocenters. The Bertz CT molecular complexity index is 699. The molecule has 0 aliphatic rings. The summed E-state index contributed by atoms with van der Waals surface area (Å²) in [5.74, 6) is 0. The predicted molar refractivity (Wildman–Crippen MR) is 104 cm³/mol. The molecule has 0 unspecified atom stereocenters. The second-order valence-corrected chi connectivity index (χ2v) is 9.29. The van der Waals surface area contributed by atoms with Crippen molar-refractivity contribution in [2.24, 2.45) is 5.41 Å². The summed E-state index contributed by atoms with van der Waals surface area (Å²) in [5, 5.41) is -0.463. The molecule has 0 saturated carbocycles. The SMILES string of the molecule is CC(C)(CCP(=O)(OCc1ccccc1)OCc1ccccc1)C(=O)Cl. The maximum absolute atomic E-state index is 13.2. The molecule has 0 amide bonds. The van der Waals surface area contributed by atoms with E-state index in [0.717, 1.165) is 11.1 Å². The van der Waals surface area contributed by atoms with E-state index in [4.69, 9.17) is 20.6 Å². The molecular weight excluding hydrogens is 371 g/mol. The standard InChI is InChI=1S/C20H24ClO4P/c1-20(2,19(21)22)13-14-26(23,24-15-17-9-5-3-6-10-17)25-16-18-11-7-4-8-12-18/h3-12H,13-16H2,1-2H3. The van der Waals surface area contributed by atoms with Gasteiger partial charge in [0.1, 0.15) is 0 Å². The lowest BCUT2D eigenvalue weighted by Crippen LogP contribution is -2.21. The molecule has 0 bridgehead atoms. The highest BCUT2D eigenvalue weighted by Crippen LogP contribution is 2.52. The number of benzene rings is 2. The molecular formula is C20H24ClO4P. The summed E-state index contributed by atoms with van der Waals surface area (Å²) in [6.07, 6.45) is 0.439. The van der Waals surface area contributed by atoms with Gasteiger partial charge in [-0.3, -0.25) is 9.36 Å². The molecule has 0 saturated heterocycles. The Morgan fingerprint density at radius 2 is 1.35 bits per heavy atom. The van der Waals surface area contributed by atoms with Gasteiger partial charge in [0, 0.05) is 5.41 Å². The molecule has 0 radical (unpaired) electrons. The van der Waals surface area contributed by atoms with Gasteiger partial charge in [0.05, 0.1) is 19.4 Å². The third-order valence-electron chi connectivity index (χ3n) is 4.08. The quantitative estimate of drug-likeness (QED) is 0.377. The summed E-state index contributed by atoms with van der Waals surface area (Å²) < 4.78 is 24.6. The van der Waals surface area contributed by atoms with Crippen LogP contribution in [0, 0.1) is 5.41 Å². The monoisotopic (exact) mass is 394 g/mol. The Balaban J connectivity index is 2.05. The van der Waals surface area contributed by atoms with E-state index in [9.17, 15) is 9.36 Å². The number of rotatable bonds is 10. The minimum Gasteiger partial charge on any atom is -0.304 e. The van der Waals surface area contributed by atoms with Crippen molar-refractivity contribution in [3.8, 4) is 0 Å². The topological polar surface area (TPSA) is 52.6 Å². The Labute approximate surface area is 160 Å². The van der Waals surface area contributed by atoms with E-state index >= 15 is 0 Å². The van der Waals surface area contributed by atoms with Gasteiger partial charge in [0.25, 0.3) is 0 Å². The first-order chi connectivity index (χ1) is 12.3. The largest absolute Gasteiger partial charge is 0.331 e. The fraction of sp³-hybridized carbons (Fsp3) is 0.350. The van der Waals surface area contributed by atoms with Crippen molar-refractivity contribution < 1.29 is 18.4 Å². The van der Waals surface area contributed by atoms with Crippen molar-refractivity contribution in [1.82, 2.24) is 0 Å². The average molecular weight is 395 g/mol. The van der Waals surface area contributed by atoms with Crippen LogP contribution < -0.4 is 0 Å². The van der Waals surface area contributed by atoms with Crippen LogP contribution in [0.15, 0.2) is 60.7 Å². The van der Waals surface area contributed by atoms with Crippen LogP contribution in [0.5, 0.6) is 0 Å². The normalized spacial score (nSPS) is 12.1. The van der Waals surface area contributed by atoms with Crippen LogP contribution in [-0.4, -0.2) is 11.4 Å². The maximum Gasteiger partial charge on any atom is 0.331 e. The summed E-state index contributed by atoms with van der Waals surface area (Å²) in [5.41, 5.74) is 1.02. The van der Waals surface area contributed by atoms with Crippen LogP contribution >= 0.6 is 19.2 Å². The van der Waals surface area contributed by atoms with E-state index in [2.05, 4.69) is 0 Å². The zero-order valence-electron chi connectivity index (χ0n) is 15.1. The summed E-state index contributed by atoms with van der Waals surface area (Å²) in [7, 11) is -3.40. The molecule has 0 fully saturated rings. The van der Waals surface area contributed by atoms with Gasteiger partial charge in [0.15, 0.2) is 0 Å². The molecule has 0 N–H and O–H groups in total. The second-order valence-electron chi connectivity index (χ2n) is 6.76. The van der Waals surface area contributed by atoms with Crippen molar-refractivity contribution in [3.63, 3.8) is 0 Å². The predicted octanol–water partition coefficient (Wildman–Crippen LogP) is 5.79. The third kappa shape index (κ3) is 6.69. The third-order valence-corrected chi connectivity index (χ3v) is 6.41. The van der Waals surface area contributed by atoms with Gasteiger partial charge in [-0.25, -0.2) is 0 Å².